The van der Waals surface area contributed by atoms with Gasteiger partial charge in [-0.2, -0.15) is 5.26 Å². The van der Waals surface area contributed by atoms with Gasteiger partial charge in [-0.05, 0) is 31.2 Å². The molecule has 30 heavy (non-hydrogen) atoms. The van der Waals surface area contributed by atoms with E-state index in [0.29, 0.717) is 22.1 Å². The van der Waals surface area contributed by atoms with Crippen molar-refractivity contribution in [3.8, 4) is 6.07 Å². The highest BCUT2D eigenvalue weighted by Crippen LogP contribution is 2.21. The molecular weight excluding hydrogens is 405 g/mol. The molecule has 0 radical (unpaired) electrons. The average molecular weight is 423 g/mol. The molecule has 1 atom stereocenters. The van der Waals surface area contributed by atoms with Crippen molar-refractivity contribution in [3.63, 3.8) is 0 Å². The summed E-state index contributed by atoms with van der Waals surface area (Å²) in [4.78, 5) is 24.7. The molecule has 1 aromatic heterocycles. The molecule has 0 aliphatic rings. The minimum Gasteiger partial charge on any atom is -0.342 e. The molecule has 1 amide bonds. The van der Waals surface area contributed by atoms with E-state index in [2.05, 4.69) is 15.5 Å². The monoisotopic (exact) mass is 423 g/mol. The minimum absolute atomic E-state index is 0.0471. The van der Waals surface area contributed by atoms with Gasteiger partial charge in [-0.3, -0.25) is 9.59 Å². The van der Waals surface area contributed by atoms with Gasteiger partial charge in [0.1, 0.15) is 5.82 Å². The summed E-state index contributed by atoms with van der Waals surface area (Å²) >= 11 is 1.22. The Balaban J connectivity index is 1.63. The van der Waals surface area contributed by atoms with Crippen molar-refractivity contribution in [3.05, 3.63) is 76.9 Å². The van der Waals surface area contributed by atoms with E-state index >= 15 is 0 Å². The van der Waals surface area contributed by atoms with E-state index in [4.69, 9.17) is 5.26 Å². The molecule has 152 valence electrons. The zero-order chi connectivity index (χ0) is 21.7. The highest BCUT2D eigenvalue weighted by atomic mass is 32.2. The number of rotatable bonds is 7. The van der Waals surface area contributed by atoms with Crippen molar-refractivity contribution >= 4 is 23.5 Å². The Labute approximate surface area is 176 Å². The van der Waals surface area contributed by atoms with E-state index in [-0.39, 0.29) is 17.1 Å². The number of nitrogens with one attached hydrogen (secondary N) is 1. The van der Waals surface area contributed by atoms with E-state index in [1.54, 1.807) is 48.9 Å². The van der Waals surface area contributed by atoms with Gasteiger partial charge in [0.2, 0.25) is 0 Å². The molecule has 0 aliphatic carbocycles. The van der Waals surface area contributed by atoms with Gasteiger partial charge in [0, 0.05) is 12.6 Å². The van der Waals surface area contributed by atoms with Crippen molar-refractivity contribution in [1.29, 1.82) is 5.26 Å². The Morgan fingerprint density at radius 3 is 2.57 bits per heavy atom. The molecule has 2 aromatic carbocycles. The van der Waals surface area contributed by atoms with Crippen LogP contribution < -0.4 is 5.32 Å². The minimum atomic E-state index is -0.599. The molecule has 3 rings (SSSR count). The van der Waals surface area contributed by atoms with Crippen LogP contribution in [0.15, 0.2) is 53.7 Å². The zero-order valence-corrected chi connectivity index (χ0v) is 17.1. The van der Waals surface area contributed by atoms with Crippen LogP contribution in [0.3, 0.4) is 0 Å². The van der Waals surface area contributed by atoms with Crippen LogP contribution in [0.4, 0.5) is 4.39 Å². The number of Topliss-reactive ketones (excluding diaryl/α,β-unsaturated/α-hetero) is 1. The van der Waals surface area contributed by atoms with E-state index in [9.17, 15) is 14.0 Å². The van der Waals surface area contributed by atoms with Gasteiger partial charge >= 0.3 is 0 Å². The largest absolute Gasteiger partial charge is 0.342 e. The summed E-state index contributed by atoms with van der Waals surface area (Å²) < 4.78 is 15.5. The third-order valence-corrected chi connectivity index (χ3v) is 5.41. The molecule has 0 spiro atoms. The van der Waals surface area contributed by atoms with Crippen LogP contribution >= 0.6 is 11.8 Å². The summed E-state index contributed by atoms with van der Waals surface area (Å²) in [7, 11) is 1.73. The Morgan fingerprint density at radius 2 is 1.90 bits per heavy atom. The second kappa shape index (κ2) is 9.33. The Morgan fingerprint density at radius 1 is 1.20 bits per heavy atom. The maximum Gasteiger partial charge on any atom is 0.254 e. The predicted octanol–water partition coefficient (Wildman–Crippen LogP) is 3.29. The lowest BCUT2D eigenvalue weighted by molar-refractivity contribution is 0.0933. The highest BCUT2D eigenvalue weighted by molar-refractivity contribution is 7.99. The topological polar surface area (TPSA) is 101 Å². The first-order valence-corrected chi connectivity index (χ1v) is 10.00. The first-order valence-electron chi connectivity index (χ1n) is 9.01. The number of amides is 1. The molecule has 1 heterocycles. The summed E-state index contributed by atoms with van der Waals surface area (Å²) in [5.74, 6) is -0.622. The fourth-order valence-electron chi connectivity index (χ4n) is 2.76. The van der Waals surface area contributed by atoms with Gasteiger partial charge < -0.3 is 9.88 Å². The van der Waals surface area contributed by atoms with Crippen molar-refractivity contribution in [2.75, 3.05) is 5.75 Å². The fraction of sp³-hybridized carbons (Fsp3) is 0.190. The lowest BCUT2D eigenvalue weighted by Crippen LogP contribution is -2.29. The van der Waals surface area contributed by atoms with Crippen molar-refractivity contribution in [1.82, 2.24) is 20.1 Å². The maximum atomic E-state index is 13.8. The third kappa shape index (κ3) is 4.72. The molecule has 0 saturated heterocycles. The van der Waals surface area contributed by atoms with Gasteiger partial charge in [-0.1, -0.05) is 36.0 Å². The Bertz CT molecular complexity index is 1120. The maximum absolute atomic E-state index is 13.8. The normalized spacial score (nSPS) is 11.5. The van der Waals surface area contributed by atoms with Crippen molar-refractivity contribution < 1.29 is 14.0 Å². The highest BCUT2D eigenvalue weighted by Gasteiger charge is 2.20. The first kappa shape index (κ1) is 21.2. The molecule has 1 N–H and O–H groups in total. The number of hydrogen-bond donors (Lipinski definition) is 1. The van der Waals surface area contributed by atoms with Crippen LogP contribution in [0.25, 0.3) is 0 Å². The number of halogens is 1. The molecule has 0 fully saturated rings. The number of benzene rings is 2. The molecule has 0 bridgehead atoms. The van der Waals surface area contributed by atoms with Crippen LogP contribution in [0.2, 0.25) is 0 Å². The number of hydrogen-bond acceptors (Lipinski definition) is 6. The lowest BCUT2D eigenvalue weighted by Gasteiger charge is -2.14. The molecule has 0 unspecified atom stereocenters. The smallest absolute Gasteiger partial charge is 0.254 e. The van der Waals surface area contributed by atoms with Crippen LogP contribution in [-0.2, 0) is 7.05 Å². The Kier molecular flexibility index (Phi) is 6.59. The van der Waals surface area contributed by atoms with Gasteiger partial charge in [-0.15, -0.1) is 10.2 Å². The summed E-state index contributed by atoms with van der Waals surface area (Å²) in [6.45, 7) is 1.72. The summed E-state index contributed by atoms with van der Waals surface area (Å²) in [5, 5.41) is 20.2. The van der Waals surface area contributed by atoms with E-state index in [1.165, 1.54) is 30.0 Å². The quantitative estimate of drug-likeness (QED) is 0.462. The van der Waals surface area contributed by atoms with E-state index < -0.39 is 17.8 Å². The molecule has 9 heteroatoms. The second-order valence-electron chi connectivity index (χ2n) is 6.48. The molecule has 0 saturated carbocycles. The van der Waals surface area contributed by atoms with Crippen LogP contribution in [-0.4, -0.2) is 32.2 Å². The molecule has 7 nitrogen and oxygen atoms in total. The van der Waals surface area contributed by atoms with Gasteiger partial charge in [-0.25, -0.2) is 4.39 Å². The lowest BCUT2D eigenvalue weighted by atomic mass is 10.1. The molecule has 0 aliphatic heterocycles. The second-order valence-corrected chi connectivity index (χ2v) is 7.42. The number of ketones is 1. The van der Waals surface area contributed by atoms with Crippen molar-refractivity contribution in [2.24, 2.45) is 7.05 Å². The molecular formula is C21H18FN5O2S. The van der Waals surface area contributed by atoms with Crippen LogP contribution in [0, 0.1) is 17.1 Å². The average Bonchev–Trinajstić information content (AvgIpc) is 3.12. The Hall–Kier alpha value is -3.51. The summed E-state index contributed by atoms with van der Waals surface area (Å²) in [6.07, 6.45) is 0. The van der Waals surface area contributed by atoms with Gasteiger partial charge in [0.25, 0.3) is 5.91 Å². The summed E-state index contributed by atoms with van der Waals surface area (Å²) in [5.41, 5.74) is 0.951. The van der Waals surface area contributed by atoms with E-state index in [0.717, 1.165) is 0 Å². The SMILES string of the molecule is C[C@@H](NC(=O)c1ccccc1F)c1nnc(SCC(=O)c2ccc(C#N)cc2)n1C. The number of carbonyl (C=O) groups is 2. The summed E-state index contributed by atoms with van der Waals surface area (Å²) in [6, 6.07) is 13.6. The van der Waals surface area contributed by atoms with Gasteiger partial charge in [0.05, 0.1) is 29.0 Å². The van der Waals surface area contributed by atoms with Crippen LogP contribution in [0.1, 0.15) is 45.1 Å². The standard InChI is InChI=1S/C21H18FN5O2S/c1-13(24-20(29)16-5-3-4-6-17(16)22)19-25-26-21(27(19)2)30-12-18(28)15-9-7-14(11-23)8-10-15/h3-10,13H,12H2,1-2H3,(H,24,29)/t13-/m1/s1. The number of carbonyl (C=O) groups excluding carboxylic acids is 2. The van der Waals surface area contributed by atoms with Gasteiger partial charge in [0.15, 0.2) is 16.8 Å². The number of nitriles is 1. The van der Waals surface area contributed by atoms with E-state index in [1.807, 2.05) is 6.07 Å². The fourth-order valence-corrected chi connectivity index (χ4v) is 3.57. The molecule has 3 aromatic rings. The van der Waals surface area contributed by atoms with Crippen LogP contribution in [0.5, 0.6) is 0 Å². The zero-order valence-electron chi connectivity index (χ0n) is 16.3. The third-order valence-electron chi connectivity index (χ3n) is 4.39. The van der Waals surface area contributed by atoms with Crippen molar-refractivity contribution in [2.45, 2.75) is 18.1 Å². The first-order chi connectivity index (χ1) is 14.4. The predicted molar refractivity (Wildman–Crippen MR) is 109 cm³/mol. The number of nitrogens with zero attached hydrogens (tertiary/aromatic N) is 4. The number of aromatic nitrogens is 3. The number of thioether (sulfide) groups is 1.